The predicted octanol–water partition coefficient (Wildman–Crippen LogP) is 11.2. The molecule has 0 amide bonds. The number of benzene rings is 7. The quantitative estimate of drug-likeness (QED) is 0.135. The molecule has 1 heterocycles. The van der Waals surface area contributed by atoms with Gasteiger partial charge in [-0.1, -0.05) is 158 Å². The van der Waals surface area contributed by atoms with Crippen molar-refractivity contribution >= 4 is 51.1 Å². The number of hydrogen-bond acceptors (Lipinski definition) is 2. The summed E-state index contributed by atoms with van der Waals surface area (Å²) in [4.78, 5) is 14.4. The van der Waals surface area contributed by atoms with Crippen LogP contribution in [0, 0.1) is 0 Å². The van der Waals surface area contributed by atoms with Crippen molar-refractivity contribution in [3.63, 3.8) is 0 Å². The second-order valence-corrected chi connectivity index (χ2v) is 11.7. The summed E-state index contributed by atoms with van der Waals surface area (Å²) in [5.41, 5.74) is 8.95. The largest absolute Gasteiger partial charge is 0.455 e. The van der Waals surface area contributed by atoms with Crippen molar-refractivity contribution in [2.24, 2.45) is 15.0 Å². The molecule has 0 aliphatic carbocycles. The smallest absolute Gasteiger partial charge is 0.161 e. The van der Waals surface area contributed by atoms with Crippen molar-refractivity contribution < 1.29 is 4.42 Å². The van der Waals surface area contributed by atoms with E-state index in [-0.39, 0.29) is 0 Å². The molecule has 228 valence electrons. The summed E-state index contributed by atoms with van der Waals surface area (Å²) in [5, 5.41) is 4.42. The lowest BCUT2D eigenvalue weighted by Gasteiger charge is -2.09. The van der Waals surface area contributed by atoms with Crippen molar-refractivity contribution in [2.45, 2.75) is 6.54 Å². The van der Waals surface area contributed by atoms with Crippen molar-refractivity contribution in [1.29, 1.82) is 0 Å². The van der Waals surface area contributed by atoms with Gasteiger partial charge in [0.15, 0.2) is 11.7 Å². The lowest BCUT2D eigenvalue weighted by Crippen LogP contribution is -2.06. The Morgan fingerprint density at radius 1 is 0.542 bits per heavy atom. The van der Waals surface area contributed by atoms with Gasteiger partial charge in [-0.15, -0.1) is 0 Å². The summed E-state index contributed by atoms with van der Waals surface area (Å²) in [6, 6.07) is 56.1. The predicted molar refractivity (Wildman–Crippen MR) is 201 cm³/mol. The summed E-state index contributed by atoms with van der Waals surface area (Å²) in [5.74, 6) is 1.09. The number of aliphatic imine (C=N–C) groups is 3. The lowest BCUT2D eigenvalue weighted by atomic mass is 9.95. The highest BCUT2D eigenvalue weighted by Gasteiger charge is 2.18. The average molecular weight is 618 g/mol. The maximum Gasteiger partial charge on any atom is 0.161 e. The standard InChI is InChI=1S/C44H31N3O/c1-45-44(47-43(34-16-6-3-7-17-34)46-29-30-13-4-2-5-14-30)39-23-12-24-40-41(39)38-22-11-21-37(42(38)48-40)33-27-25-32(26-28-33)36-20-10-18-31-15-8-9-19-35(31)36/h2-28H,1,29H2/b46-43-,47-44-. The Kier molecular flexibility index (Phi) is 7.73. The Hall–Kier alpha value is -6.39. The van der Waals surface area contributed by atoms with Gasteiger partial charge in [0, 0.05) is 27.5 Å². The molecule has 8 aromatic rings. The van der Waals surface area contributed by atoms with E-state index >= 15 is 0 Å². The number of rotatable bonds is 6. The van der Waals surface area contributed by atoms with E-state index < -0.39 is 0 Å². The van der Waals surface area contributed by atoms with Crippen LogP contribution in [0.2, 0.25) is 0 Å². The molecule has 0 fully saturated rings. The van der Waals surface area contributed by atoms with Gasteiger partial charge < -0.3 is 4.42 Å². The zero-order chi connectivity index (χ0) is 32.3. The van der Waals surface area contributed by atoms with Crippen LogP contribution in [0.4, 0.5) is 0 Å². The summed E-state index contributed by atoms with van der Waals surface area (Å²) in [7, 11) is 0. The molecule has 0 aliphatic rings. The van der Waals surface area contributed by atoms with Gasteiger partial charge in [-0.2, -0.15) is 0 Å². The van der Waals surface area contributed by atoms with Gasteiger partial charge in [0.1, 0.15) is 11.2 Å². The third-order valence-electron chi connectivity index (χ3n) is 8.71. The SMILES string of the molecule is C=N/C(=N\C(=N/Cc1ccccc1)c1ccccc1)c1cccc2oc3c(-c4ccc(-c5cccc6ccccc56)cc4)cccc3c12. The van der Waals surface area contributed by atoms with Gasteiger partial charge >= 0.3 is 0 Å². The number of para-hydroxylation sites is 1. The highest BCUT2D eigenvalue weighted by molar-refractivity contribution is 6.23. The van der Waals surface area contributed by atoms with E-state index in [9.17, 15) is 0 Å². The fraction of sp³-hybridized carbons (Fsp3) is 0.0227. The fourth-order valence-electron chi connectivity index (χ4n) is 6.38. The fourth-order valence-corrected chi connectivity index (χ4v) is 6.38. The average Bonchev–Trinajstić information content (AvgIpc) is 3.55. The van der Waals surface area contributed by atoms with Gasteiger partial charge in [0.2, 0.25) is 0 Å². The molecule has 0 spiro atoms. The summed E-state index contributed by atoms with van der Waals surface area (Å²) < 4.78 is 6.59. The molecule has 0 saturated heterocycles. The molecule has 0 saturated carbocycles. The Balaban J connectivity index is 1.21. The number of furan rings is 1. The van der Waals surface area contributed by atoms with Crippen molar-refractivity contribution in [3.8, 4) is 22.3 Å². The van der Waals surface area contributed by atoms with Crippen molar-refractivity contribution in [2.75, 3.05) is 0 Å². The molecule has 4 heteroatoms. The van der Waals surface area contributed by atoms with Crippen LogP contribution in [0.15, 0.2) is 183 Å². The normalized spacial score (nSPS) is 12.2. The molecule has 48 heavy (non-hydrogen) atoms. The van der Waals surface area contributed by atoms with E-state index in [2.05, 4.69) is 109 Å². The molecule has 8 rings (SSSR count). The molecule has 0 unspecified atom stereocenters. The van der Waals surface area contributed by atoms with Crippen molar-refractivity contribution in [3.05, 3.63) is 180 Å². The summed E-state index contributed by atoms with van der Waals surface area (Å²) >= 11 is 0. The van der Waals surface area contributed by atoms with E-state index in [1.54, 1.807) is 0 Å². The second-order valence-electron chi connectivity index (χ2n) is 11.7. The number of nitrogens with zero attached hydrogens (tertiary/aromatic N) is 3. The number of hydrogen-bond donors (Lipinski definition) is 0. The highest BCUT2D eigenvalue weighted by atomic mass is 16.3. The molecule has 7 aromatic carbocycles. The summed E-state index contributed by atoms with van der Waals surface area (Å²) in [6.07, 6.45) is 0. The van der Waals surface area contributed by atoms with E-state index in [0.717, 1.165) is 49.8 Å². The lowest BCUT2D eigenvalue weighted by molar-refractivity contribution is 0.670. The first-order valence-corrected chi connectivity index (χ1v) is 16.0. The van der Waals surface area contributed by atoms with Gasteiger partial charge in [-0.05, 0) is 45.8 Å². The molecular weight excluding hydrogens is 587 g/mol. The molecule has 0 bridgehead atoms. The first-order valence-electron chi connectivity index (χ1n) is 16.0. The highest BCUT2D eigenvalue weighted by Crippen LogP contribution is 2.38. The molecular formula is C44H31N3O. The van der Waals surface area contributed by atoms with E-state index in [4.69, 9.17) is 14.4 Å². The topological polar surface area (TPSA) is 50.2 Å². The minimum atomic E-state index is 0.490. The number of fused-ring (bicyclic) bond motifs is 4. The number of amidine groups is 2. The Morgan fingerprint density at radius 3 is 1.96 bits per heavy atom. The molecule has 0 atom stereocenters. The molecule has 4 nitrogen and oxygen atoms in total. The summed E-state index contributed by atoms with van der Waals surface area (Å²) in [6.45, 7) is 4.42. The first kappa shape index (κ1) is 29.0. The van der Waals surface area contributed by atoms with Crippen LogP contribution >= 0.6 is 0 Å². The zero-order valence-corrected chi connectivity index (χ0v) is 26.3. The maximum atomic E-state index is 6.59. The van der Waals surface area contributed by atoms with Crippen LogP contribution in [0.5, 0.6) is 0 Å². The van der Waals surface area contributed by atoms with Crippen LogP contribution in [-0.2, 0) is 6.54 Å². The van der Waals surface area contributed by atoms with Gasteiger partial charge in [0.05, 0.1) is 6.54 Å². The van der Waals surface area contributed by atoms with Crippen molar-refractivity contribution in [1.82, 2.24) is 0 Å². The molecule has 0 N–H and O–H groups in total. The Morgan fingerprint density at radius 2 is 1.17 bits per heavy atom. The van der Waals surface area contributed by atoms with Crippen LogP contribution in [-0.4, -0.2) is 18.4 Å². The van der Waals surface area contributed by atoms with E-state index in [0.29, 0.717) is 18.2 Å². The third-order valence-corrected chi connectivity index (χ3v) is 8.71. The monoisotopic (exact) mass is 617 g/mol. The van der Waals surface area contributed by atoms with Crippen LogP contribution in [0.1, 0.15) is 16.7 Å². The Labute approximate surface area is 279 Å². The minimum Gasteiger partial charge on any atom is -0.455 e. The molecule has 1 aromatic heterocycles. The second kappa shape index (κ2) is 12.8. The third kappa shape index (κ3) is 5.50. The first-order chi connectivity index (χ1) is 23.8. The van der Waals surface area contributed by atoms with Crippen LogP contribution in [0.3, 0.4) is 0 Å². The Bertz CT molecular complexity index is 2470. The van der Waals surface area contributed by atoms with E-state index in [1.807, 2.05) is 66.7 Å². The van der Waals surface area contributed by atoms with Gasteiger partial charge in [-0.3, -0.25) is 4.99 Å². The minimum absolute atomic E-state index is 0.490. The van der Waals surface area contributed by atoms with Gasteiger partial charge in [-0.25, -0.2) is 9.98 Å². The molecule has 0 aliphatic heterocycles. The zero-order valence-electron chi connectivity index (χ0n) is 26.3. The van der Waals surface area contributed by atoms with Gasteiger partial charge in [0.25, 0.3) is 0 Å². The molecule has 0 radical (unpaired) electrons. The van der Waals surface area contributed by atoms with E-state index in [1.165, 1.54) is 21.9 Å². The van der Waals surface area contributed by atoms with Crippen LogP contribution in [0.25, 0.3) is 55.0 Å². The van der Waals surface area contributed by atoms with Crippen LogP contribution < -0.4 is 0 Å². The maximum absolute atomic E-state index is 6.59.